The van der Waals surface area contributed by atoms with Crippen LogP contribution in [-0.2, 0) is 0 Å². The normalized spacial score (nSPS) is 10.7. The predicted octanol–water partition coefficient (Wildman–Crippen LogP) is 3.33. The fourth-order valence-electron chi connectivity index (χ4n) is 1.23. The van der Waals surface area contributed by atoms with Gasteiger partial charge in [-0.2, -0.15) is 0 Å². The monoisotopic (exact) mass is 271 g/mol. The van der Waals surface area contributed by atoms with Crippen molar-refractivity contribution in [3.05, 3.63) is 27.1 Å². The Kier molecular flexibility index (Phi) is 2.28. The van der Waals surface area contributed by atoms with E-state index < -0.39 is 0 Å². The summed E-state index contributed by atoms with van der Waals surface area (Å²) in [6, 6.07) is 3.15. The van der Waals surface area contributed by atoms with E-state index in [2.05, 4.69) is 20.9 Å². The summed E-state index contributed by atoms with van der Waals surface area (Å²) in [4.78, 5) is 4.15. The van der Waals surface area contributed by atoms with Crippen molar-refractivity contribution in [2.24, 2.45) is 0 Å². The van der Waals surface area contributed by atoms with Crippen molar-refractivity contribution in [3.8, 4) is 5.75 Å². The van der Waals surface area contributed by atoms with Crippen molar-refractivity contribution in [1.29, 1.82) is 0 Å². The molecule has 0 fully saturated rings. The molecule has 2 rings (SSSR count). The molecule has 72 valence electrons. The zero-order valence-electron chi connectivity index (χ0n) is 7.24. The van der Waals surface area contributed by atoms with Gasteiger partial charge in [0.2, 0.25) is 0 Å². The number of pyridine rings is 1. The van der Waals surface area contributed by atoms with E-state index in [0.717, 1.165) is 5.69 Å². The van der Waals surface area contributed by atoms with E-state index in [1.54, 1.807) is 6.07 Å². The fraction of sp³-hybridized carbons (Fsp3) is 0.111. The maximum absolute atomic E-state index is 9.63. The van der Waals surface area contributed by atoms with Gasteiger partial charge in [0.1, 0.15) is 10.4 Å². The molecule has 2 aromatic heterocycles. The first-order valence-corrected chi connectivity index (χ1v) is 5.08. The van der Waals surface area contributed by atoms with Crippen molar-refractivity contribution in [2.45, 2.75) is 6.92 Å². The molecule has 0 unspecified atom stereocenters. The second-order valence-corrected chi connectivity index (χ2v) is 4.04. The molecule has 2 aromatic rings. The number of aromatic hydroxyl groups is 1. The third-order valence-electron chi connectivity index (χ3n) is 1.79. The molecule has 0 aliphatic rings. The van der Waals surface area contributed by atoms with E-state index in [1.807, 2.05) is 6.92 Å². The zero-order chi connectivity index (χ0) is 10.3. The molecule has 0 amide bonds. The molecule has 0 atom stereocenters. The lowest BCUT2D eigenvalue weighted by molar-refractivity contribution is 0.471. The van der Waals surface area contributed by atoms with Gasteiger partial charge in [-0.05, 0) is 41.1 Å². The Labute approximate surface area is 93.5 Å². The second-order valence-electron chi connectivity index (χ2n) is 2.88. The van der Waals surface area contributed by atoms with E-state index in [-0.39, 0.29) is 10.5 Å². The molecule has 5 heteroatoms. The maximum atomic E-state index is 9.63. The molecule has 0 radical (unpaired) electrons. The van der Waals surface area contributed by atoms with Gasteiger partial charge in [0, 0.05) is 11.8 Å². The van der Waals surface area contributed by atoms with Crippen LogP contribution in [0.3, 0.4) is 0 Å². The van der Waals surface area contributed by atoms with Gasteiger partial charge in [-0.25, -0.2) is 4.98 Å². The molecule has 1 N–H and O–H groups in total. The highest BCUT2D eigenvalue weighted by molar-refractivity contribution is 9.10. The Hall–Kier alpha value is -0.940. The van der Waals surface area contributed by atoms with E-state index >= 15 is 0 Å². The van der Waals surface area contributed by atoms with E-state index in [4.69, 9.17) is 16.6 Å². The van der Waals surface area contributed by atoms with Crippen LogP contribution in [0.25, 0.3) is 11.0 Å². The molecule has 0 aliphatic carbocycles. The van der Waals surface area contributed by atoms with Crippen LogP contribution in [0.1, 0.15) is 5.69 Å². The fourth-order valence-corrected chi connectivity index (χ4v) is 2.00. The first-order valence-electron chi connectivity index (χ1n) is 3.88. The number of hydrogen-bond acceptors (Lipinski definition) is 4. The van der Waals surface area contributed by atoms with Crippen LogP contribution in [0.2, 0.25) is 0 Å². The summed E-state index contributed by atoms with van der Waals surface area (Å²) in [5.41, 5.74) is 1.27. The van der Waals surface area contributed by atoms with Crippen molar-refractivity contribution >= 4 is 39.1 Å². The van der Waals surface area contributed by atoms with Gasteiger partial charge in [0.25, 0.3) is 0 Å². The summed E-state index contributed by atoms with van der Waals surface area (Å²) < 4.78 is 6.06. The first kappa shape index (κ1) is 9.61. The lowest BCUT2D eigenvalue weighted by atomic mass is 10.2. The van der Waals surface area contributed by atoms with Crippen molar-refractivity contribution in [1.82, 2.24) is 4.98 Å². The summed E-state index contributed by atoms with van der Waals surface area (Å²) in [7, 11) is 0. The largest absolute Gasteiger partial charge is 0.507 e. The van der Waals surface area contributed by atoms with E-state index in [0.29, 0.717) is 15.6 Å². The Morgan fingerprint density at radius 3 is 2.93 bits per heavy atom. The molecular formula is C9H6BrNO2S. The SMILES string of the molecule is Cc1cc2c(O)cc(=S)oc2c(Br)n1. The second kappa shape index (κ2) is 3.33. The van der Waals surface area contributed by atoms with Crippen molar-refractivity contribution in [3.63, 3.8) is 0 Å². The minimum Gasteiger partial charge on any atom is -0.507 e. The van der Waals surface area contributed by atoms with E-state index in [1.165, 1.54) is 6.07 Å². The smallest absolute Gasteiger partial charge is 0.194 e. The van der Waals surface area contributed by atoms with Gasteiger partial charge in [-0.15, -0.1) is 0 Å². The average molecular weight is 272 g/mol. The Morgan fingerprint density at radius 1 is 1.50 bits per heavy atom. The molecule has 0 aromatic carbocycles. The summed E-state index contributed by atoms with van der Waals surface area (Å²) >= 11 is 8.10. The number of aromatic nitrogens is 1. The van der Waals surface area contributed by atoms with Gasteiger partial charge in [-0.1, -0.05) is 0 Å². The molecule has 0 saturated carbocycles. The summed E-state index contributed by atoms with van der Waals surface area (Å²) in [5.74, 6) is 0.113. The molecule has 0 saturated heterocycles. The van der Waals surface area contributed by atoms with Gasteiger partial charge >= 0.3 is 0 Å². The zero-order valence-corrected chi connectivity index (χ0v) is 9.65. The van der Waals surface area contributed by atoms with Gasteiger partial charge in [0.15, 0.2) is 10.3 Å². The lowest BCUT2D eigenvalue weighted by Gasteiger charge is -2.02. The van der Waals surface area contributed by atoms with Crippen molar-refractivity contribution in [2.75, 3.05) is 0 Å². The van der Waals surface area contributed by atoms with Crippen LogP contribution in [-0.4, -0.2) is 10.1 Å². The van der Waals surface area contributed by atoms with Crippen LogP contribution < -0.4 is 0 Å². The number of aryl methyl sites for hydroxylation is 1. The predicted molar refractivity (Wildman–Crippen MR) is 58.9 cm³/mol. The van der Waals surface area contributed by atoms with Gasteiger partial charge in [-0.3, -0.25) is 0 Å². The van der Waals surface area contributed by atoms with Crippen LogP contribution in [0.15, 0.2) is 21.2 Å². The minimum atomic E-state index is 0.113. The summed E-state index contributed by atoms with van der Waals surface area (Å²) in [6.45, 7) is 1.84. The molecule has 0 spiro atoms. The first-order chi connectivity index (χ1) is 6.58. The lowest BCUT2D eigenvalue weighted by Crippen LogP contribution is -1.85. The highest BCUT2D eigenvalue weighted by Gasteiger charge is 2.08. The quantitative estimate of drug-likeness (QED) is 0.590. The highest BCUT2D eigenvalue weighted by atomic mass is 79.9. The number of fused-ring (bicyclic) bond motifs is 1. The topological polar surface area (TPSA) is 46.3 Å². The molecule has 0 aliphatic heterocycles. The third kappa shape index (κ3) is 1.53. The molecule has 2 heterocycles. The molecule has 0 bridgehead atoms. The van der Waals surface area contributed by atoms with Crippen molar-refractivity contribution < 1.29 is 9.52 Å². The highest BCUT2D eigenvalue weighted by Crippen LogP contribution is 2.29. The molecular weight excluding hydrogens is 266 g/mol. The average Bonchev–Trinajstić information content (AvgIpc) is 2.07. The standard InChI is InChI=1S/C9H6BrNO2S/c1-4-2-5-6(12)3-7(14)13-8(5)9(10)11-4/h2-3,12H,1H3. The number of hydrogen-bond donors (Lipinski definition) is 1. The van der Waals surface area contributed by atoms with Crippen LogP contribution in [0.4, 0.5) is 0 Å². The Balaban J connectivity index is 3.01. The minimum absolute atomic E-state index is 0.113. The van der Waals surface area contributed by atoms with Crippen LogP contribution in [0.5, 0.6) is 5.75 Å². The maximum Gasteiger partial charge on any atom is 0.194 e. The number of halogens is 1. The number of nitrogens with zero attached hydrogens (tertiary/aromatic N) is 1. The number of rotatable bonds is 0. The Bertz CT molecular complexity index is 564. The van der Waals surface area contributed by atoms with E-state index in [9.17, 15) is 5.11 Å². The molecule has 14 heavy (non-hydrogen) atoms. The third-order valence-corrected chi connectivity index (χ3v) is 2.53. The van der Waals surface area contributed by atoms with Gasteiger partial charge < -0.3 is 9.52 Å². The van der Waals surface area contributed by atoms with Gasteiger partial charge in [0.05, 0.1) is 5.39 Å². The van der Waals surface area contributed by atoms with Crippen LogP contribution in [0, 0.1) is 11.6 Å². The van der Waals surface area contributed by atoms with Crippen LogP contribution >= 0.6 is 28.1 Å². The summed E-state index contributed by atoms with van der Waals surface area (Å²) in [6.07, 6.45) is 0. The Morgan fingerprint density at radius 2 is 2.21 bits per heavy atom. The molecule has 3 nitrogen and oxygen atoms in total. The summed E-state index contributed by atoms with van der Waals surface area (Å²) in [5, 5.41) is 10.2.